The van der Waals surface area contributed by atoms with Crippen molar-refractivity contribution in [2.24, 2.45) is 5.92 Å². The second-order valence-corrected chi connectivity index (χ2v) is 6.27. The molecule has 2 aromatic rings. The lowest BCUT2D eigenvalue weighted by atomic mass is 9.98. The van der Waals surface area contributed by atoms with Gasteiger partial charge in [0.05, 0.1) is 12.5 Å². The molecule has 1 unspecified atom stereocenters. The summed E-state index contributed by atoms with van der Waals surface area (Å²) < 4.78 is 72.2. The van der Waals surface area contributed by atoms with E-state index >= 15 is 0 Å². The van der Waals surface area contributed by atoms with Gasteiger partial charge in [0, 0.05) is 18.2 Å². The van der Waals surface area contributed by atoms with Crippen molar-refractivity contribution in [3.8, 4) is 0 Å². The SMILES string of the molecule is CCc1ccc(/C(F)=C(/F)c2ccc(CC(COC)C(F)(F)F)cc2)cc1. The Hall–Kier alpha value is -2.21. The van der Waals surface area contributed by atoms with Gasteiger partial charge in [0.15, 0.2) is 11.7 Å². The number of aryl methyl sites for hydroxylation is 1. The summed E-state index contributed by atoms with van der Waals surface area (Å²) in [6.07, 6.45) is -3.89. The molecule has 0 fully saturated rings. The van der Waals surface area contributed by atoms with Crippen molar-refractivity contribution in [2.45, 2.75) is 25.9 Å². The average Bonchev–Trinajstić information content (AvgIpc) is 2.66. The van der Waals surface area contributed by atoms with Gasteiger partial charge in [-0.15, -0.1) is 0 Å². The summed E-state index contributed by atoms with van der Waals surface area (Å²) in [5.74, 6) is -3.70. The van der Waals surface area contributed by atoms with Crippen molar-refractivity contribution in [2.75, 3.05) is 13.7 Å². The number of halogens is 5. The standard InChI is InChI=1S/C21H21F5O/c1-3-14-4-8-16(9-5-14)19(22)20(23)17-10-6-15(7-11-17)12-18(13-27-2)21(24,25)26/h4-11,18H,3,12-13H2,1-2H3/b20-19-. The zero-order valence-corrected chi connectivity index (χ0v) is 15.1. The number of hydrogen-bond acceptors (Lipinski definition) is 1. The lowest BCUT2D eigenvalue weighted by molar-refractivity contribution is -0.185. The summed E-state index contributed by atoms with van der Waals surface area (Å²) in [4.78, 5) is 0. The van der Waals surface area contributed by atoms with Crippen LogP contribution in [-0.4, -0.2) is 19.9 Å². The zero-order valence-electron chi connectivity index (χ0n) is 15.1. The second-order valence-electron chi connectivity index (χ2n) is 6.27. The number of ether oxygens (including phenoxy) is 1. The molecule has 0 saturated heterocycles. The van der Waals surface area contributed by atoms with E-state index in [0.29, 0.717) is 5.56 Å². The van der Waals surface area contributed by atoms with Crippen LogP contribution in [0.1, 0.15) is 29.2 Å². The van der Waals surface area contributed by atoms with Crippen LogP contribution in [0.15, 0.2) is 48.5 Å². The third-order valence-electron chi connectivity index (χ3n) is 4.33. The second kappa shape index (κ2) is 9.13. The molecule has 0 aliphatic heterocycles. The first-order valence-electron chi connectivity index (χ1n) is 8.55. The molecule has 0 spiro atoms. The molecule has 2 rings (SSSR count). The molecule has 1 nitrogen and oxygen atoms in total. The van der Waals surface area contributed by atoms with Gasteiger partial charge in [-0.3, -0.25) is 0 Å². The van der Waals surface area contributed by atoms with Gasteiger partial charge in [-0.05, 0) is 24.0 Å². The number of methoxy groups -OCH3 is 1. The summed E-state index contributed by atoms with van der Waals surface area (Å²) in [6, 6.07) is 11.8. The maximum absolute atomic E-state index is 14.4. The molecular formula is C21H21F5O. The van der Waals surface area contributed by atoms with Crippen LogP contribution in [0.2, 0.25) is 0 Å². The van der Waals surface area contributed by atoms with Crippen LogP contribution in [0.25, 0.3) is 11.7 Å². The Labute approximate surface area is 155 Å². The molecule has 0 heterocycles. The Bertz CT molecular complexity index is 761. The number of alkyl halides is 3. The van der Waals surface area contributed by atoms with E-state index in [1.807, 2.05) is 6.92 Å². The van der Waals surface area contributed by atoms with E-state index in [1.54, 1.807) is 12.1 Å². The first kappa shape index (κ1) is 21.1. The highest BCUT2D eigenvalue weighted by Crippen LogP contribution is 2.31. The minimum absolute atomic E-state index is 0.0221. The van der Waals surface area contributed by atoms with Gasteiger partial charge in [0.25, 0.3) is 0 Å². The first-order chi connectivity index (χ1) is 12.8. The van der Waals surface area contributed by atoms with Gasteiger partial charge in [-0.25, -0.2) is 8.78 Å². The fourth-order valence-corrected chi connectivity index (χ4v) is 2.68. The third-order valence-corrected chi connectivity index (χ3v) is 4.33. The van der Waals surface area contributed by atoms with Crippen LogP contribution in [-0.2, 0) is 17.6 Å². The highest BCUT2D eigenvalue weighted by atomic mass is 19.4. The largest absolute Gasteiger partial charge is 0.394 e. The summed E-state index contributed by atoms with van der Waals surface area (Å²) in [5, 5.41) is 0. The molecule has 0 aromatic heterocycles. The first-order valence-corrected chi connectivity index (χ1v) is 8.55. The highest BCUT2D eigenvalue weighted by molar-refractivity contribution is 5.83. The molecule has 0 aliphatic carbocycles. The molecule has 2 aromatic carbocycles. The lowest BCUT2D eigenvalue weighted by Crippen LogP contribution is -2.29. The van der Waals surface area contributed by atoms with Crippen molar-refractivity contribution in [3.05, 3.63) is 70.8 Å². The monoisotopic (exact) mass is 384 g/mol. The zero-order chi connectivity index (χ0) is 20.0. The van der Waals surface area contributed by atoms with Crippen LogP contribution in [0.5, 0.6) is 0 Å². The minimum Gasteiger partial charge on any atom is -0.384 e. The summed E-state index contributed by atoms with van der Waals surface area (Å²) in [5.41, 5.74) is 1.47. The predicted octanol–water partition coefficient (Wildman–Crippen LogP) is 6.38. The summed E-state index contributed by atoms with van der Waals surface area (Å²) in [6.45, 7) is 1.50. The Morgan fingerprint density at radius 2 is 1.30 bits per heavy atom. The molecule has 0 aliphatic rings. The molecule has 0 bridgehead atoms. The summed E-state index contributed by atoms with van der Waals surface area (Å²) >= 11 is 0. The van der Waals surface area contributed by atoms with Gasteiger partial charge in [-0.1, -0.05) is 55.5 Å². The van der Waals surface area contributed by atoms with E-state index in [2.05, 4.69) is 4.74 Å². The maximum atomic E-state index is 14.4. The van der Waals surface area contributed by atoms with Crippen molar-refractivity contribution < 1.29 is 26.7 Å². The third kappa shape index (κ3) is 5.63. The maximum Gasteiger partial charge on any atom is 0.394 e. The number of benzene rings is 2. The fraction of sp³-hybridized carbons (Fsp3) is 0.333. The lowest BCUT2D eigenvalue weighted by Gasteiger charge is -2.19. The number of hydrogen-bond donors (Lipinski definition) is 0. The quantitative estimate of drug-likeness (QED) is 0.397. The minimum atomic E-state index is -4.39. The van der Waals surface area contributed by atoms with Crippen LogP contribution in [0.4, 0.5) is 22.0 Å². The topological polar surface area (TPSA) is 9.23 Å². The Morgan fingerprint density at radius 3 is 1.67 bits per heavy atom. The predicted molar refractivity (Wildman–Crippen MR) is 96.4 cm³/mol. The Balaban J connectivity index is 2.19. The Kier molecular flexibility index (Phi) is 7.13. The van der Waals surface area contributed by atoms with Gasteiger partial charge >= 0.3 is 6.18 Å². The van der Waals surface area contributed by atoms with E-state index < -0.39 is 30.4 Å². The van der Waals surface area contributed by atoms with Gasteiger partial charge in [-0.2, -0.15) is 13.2 Å². The molecule has 0 amide bonds. The van der Waals surface area contributed by atoms with E-state index in [1.165, 1.54) is 43.5 Å². The molecule has 27 heavy (non-hydrogen) atoms. The van der Waals surface area contributed by atoms with Crippen molar-refractivity contribution in [3.63, 3.8) is 0 Å². The van der Waals surface area contributed by atoms with Crippen molar-refractivity contribution in [1.29, 1.82) is 0 Å². The van der Waals surface area contributed by atoms with Crippen LogP contribution >= 0.6 is 0 Å². The molecule has 146 valence electrons. The molecular weight excluding hydrogens is 363 g/mol. The van der Waals surface area contributed by atoms with Crippen molar-refractivity contribution >= 4 is 11.7 Å². The van der Waals surface area contributed by atoms with Crippen LogP contribution in [0, 0.1) is 5.92 Å². The molecule has 1 atom stereocenters. The van der Waals surface area contributed by atoms with E-state index in [4.69, 9.17) is 0 Å². The van der Waals surface area contributed by atoms with Crippen LogP contribution in [0.3, 0.4) is 0 Å². The van der Waals surface area contributed by atoms with E-state index in [-0.39, 0.29) is 17.5 Å². The molecule has 0 radical (unpaired) electrons. The normalized spacial score (nSPS) is 14.0. The van der Waals surface area contributed by atoms with Crippen LogP contribution < -0.4 is 0 Å². The van der Waals surface area contributed by atoms with Gasteiger partial charge in [0.2, 0.25) is 0 Å². The van der Waals surface area contributed by atoms with Gasteiger partial charge in [0.1, 0.15) is 0 Å². The smallest absolute Gasteiger partial charge is 0.384 e. The highest BCUT2D eigenvalue weighted by Gasteiger charge is 2.39. The molecule has 0 N–H and O–H groups in total. The van der Waals surface area contributed by atoms with Crippen molar-refractivity contribution in [1.82, 2.24) is 0 Å². The molecule has 0 saturated carbocycles. The van der Waals surface area contributed by atoms with Gasteiger partial charge < -0.3 is 4.74 Å². The Morgan fingerprint density at radius 1 is 0.852 bits per heavy atom. The summed E-state index contributed by atoms with van der Waals surface area (Å²) in [7, 11) is 1.21. The average molecular weight is 384 g/mol. The number of rotatable bonds is 7. The molecule has 6 heteroatoms. The van der Waals surface area contributed by atoms with E-state index in [0.717, 1.165) is 12.0 Å². The fourth-order valence-electron chi connectivity index (χ4n) is 2.68. The van der Waals surface area contributed by atoms with E-state index in [9.17, 15) is 22.0 Å².